The Morgan fingerprint density at radius 1 is 0.923 bits per heavy atom. The first kappa shape index (κ1) is 43.2. The summed E-state index contributed by atoms with van der Waals surface area (Å²) in [6.07, 6.45) is 1.72. The van der Waals surface area contributed by atoms with Crippen LogP contribution in [0.15, 0.2) is 102 Å². The highest BCUT2D eigenvalue weighted by Crippen LogP contribution is 2.68. The predicted molar refractivity (Wildman–Crippen MR) is 243 cm³/mol. The molecule has 0 radical (unpaired) electrons. The molecule has 13 rings (SSSR count). The summed E-state index contributed by atoms with van der Waals surface area (Å²) in [5.74, 6) is -1.96. The monoisotopic (exact) mass is 920 g/mol. The molecule has 0 amide bonds. The number of Topliss-reactive ketones (excluding diaryl/α,β-unsaturated/α-hetero) is 2. The summed E-state index contributed by atoms with van der Waals surface area (Å²) in [6.45, 7) is -0.604. The minimum Gasteiger partial charge on any atom is -0.511 e. The molecule has 11 unspecified atom stereocenters. The average Bonchev–Trinajstić information content (AvgIpc) is 3.75. The average molecular weight is 921 g/mol. The van der Waals surface area contributed by atoms with Gasteiger partial charge in [0.2, 0.25) is 6.29 Å². The van der Waals surface area contributed by atoms with Gasteiger partial charge in [0.15, 0.2) is 11.6 Å². The second-order valence-electron chi connectivity index (χ2n) is 18.8. The summed E-state index contributed by atoms with van der Waals surface area (Å²) in [5, 5.41) is 87.2. The van der Waals surface area contributed by atoms with E-state index in [1.807, 2.05) is 24.3 Å². The fourth-order valence-electron chi connectivity index (χ4n) is 12.6. The number of hydrogen-bond donors (Lipinski definition) is 9. The van der Waals surface area contributed by atoms with Gasteiger partial charge >= 0.3 is 0 Å². The quantitative estimate of drug-likeness (QED) is 0.142. The van der Waals surface area contributed by atoms with Crippen LogP contribution in [0.3, 0.4) is 0 Å². The first-order chi connectivity index (χ1) is 31.5. The van der Waals surface area contributed by atoms with Crippen molar-refractivity contribution in [2.24, 2.45) is 16.7 Å². The van der Waals surface area contributed by atoms with E-state index in [0.717, 1.165) is 52.1 Å². The number of carbonyl (C=O) groups excluding carboxylic acids is 2. The summed E-state index contributed by atoms with van der Waals surface area (Å²) in [7, 11) is 2.90. The highest BCUT2D eigenvalue weighted by atomic mass is 33.1. The molecule has 3 aromatic carbocycles. The van der Waals surface area contributed by atoms with Crippen LogP contribution >= 0.6 is 21.6 Å². The number of dihydropyridines is 1. The molecule has 65 heavy (non-hydrogen) atoms. The molecular weight excluding hydrogens is 869 g/mol. The normalized spacial score (nSPS) is 35.4. The molecule has 12 bridgehead atoms. The molecular formula is C50H52N2O11S2. The standard InChI is InChI=1S/C50H52N2O11S2/c53-17-5-13-37-50-33(20-27(21-36(50)56)19-25-6-1-7-26(18-25)22-54)41(57)29-9-3-12-34(39(29)43(50)59)62-47-44(60)49(61,42(58)35(23-55)63-47)24-48-15-4-11-31(48)28-8-2-10-30-38(28)40-32(48)14-16-51-45(40)52-46(30)65-64-37/h1-3,6-10,12,14,18,20-21,31,33,35,37,42,44,46-47,51-56,58,60-61H,4-5,11,13,15-17,19,22-24H2. The van der Waals surface area contributed by atoms with E-state index in [0.29, 0.717) is 30.5 Å². The highest BCUT2D eigenvalue weighted by molar-refractivity contribution is 8.77. The lowest BCUT2D eigenvalue weighted by molar-refractivity contribution is -0.319. The lowest BCUT2D eigenvalue weighted by atomic mass is 9.55. The zero-order valence-electron chi connectivity index (χ0n) is 35.5. The molecule has 10 aliphatic rings. The molecule has 3 aromatic rings. The van der Waals surface area contributed by atoms with Crippen molar-refractivity contribution in [1.82, 2.24) is 10.6 Å². The fourth-order valence-corrected chi connectivity index (χ4v) is 16.1. The van der Waals surface area contributed by atoms with Gasteiger partial charge in [-0.25, -0.2) is 0 Å². The number of ketones is 2. The Morgan fingerprint density at radius 2 is 1.72 bits per heavy atom. The van der Waals surface area contributed by atoms with E-state index in [4.69, 9.17) is 9.47 Å². The fraction of sp³-hybridized carbons (Fsp3) is 0.440. The zero-order valence-corrected chi connectivity index (χ0v) is 37.1. The number of rotatable bonds is 7. The maximum Gasteiger partial charge on any atom is 0.229 e. The molecule has 1 saturated carbocycles. The molecule has 6 aliphatic heterocycles. The summed E-state index contributed by atoms with van der Waals surface area (Å²) >= 11 is 0. The number of ether oxygens (including phenoxy) is 2. The minimum absolute atomic E-state index is 0.0378. The zero-order chi connectivity index (χ0) is 45.0. The van der Waals surface area contributed by atoms with E-state index >= 15 is 9.59 Å². The summed E-state index contributed by atoms with van der Waals surface area (Å²) in [5.41, 5.74) is 2.30. The van der Waals surface area contributed by atoms with E-state index in [1.165, 1.54) is 33.7 Å². The van der Waals surface area contributed by atoms with E-state index in [-0.39, 0.29) is 66.4 Å². The minimum atomic E-state index is -2.29. The van der Waals surface area contributed by atoms with Gasteiger partial charge in [0.25, 0.3) is 0 Å². The van der Waals surface area contributed by atoms with Crippen LogP contribution in [0.1, 0.15) is 98.3 Å². The van der Waals surface area contributed by atoms with Crippen LogP contribution in [0.2, 0.25) is 0 Å². The molecule has 2 fully saturated rings. The van der Waals surface area contributed by atoms with Crippen molar-refractivity contribution in [2.45, 2.75) is 98.3 Å². The van der Waals surface area contributed by atoms with Crippen LogP contribution in [0.5, 0.6) is 5.75 Å². The van der Waals surface area contributed by atoms with Gasteiger partial charge in [-0.3, -0.25) is 9.59 Å². The molecule has 0 aromatic heterocycles. The smallest absolute Gasteiger partial charge is 0.229 e. The largest absolute Gasteiger partial charge is 0.511 e. The van der Waals surface area contributed by atoms with Gasteiger partial charge < -0.3 is 55.9 Å². The number of nitrogens with one attached hydrogen (secondary N) is 2. The van der Waals surface area contributed by atoms with Crippen LogP contribution in [0, 0.1) is 16.7 Å². The number of benzene rings is 3. The van der Waals surface area contributed by atoms with Crippen LogP contribution < -0.4 is 15.4 Å². The highest BCUT2D eigenvalue weighted by Gasteiger charge is 2.65. The number of aliphatic hydroxyl groups is 7. The molecule has 4 aliphatic carbocycles. The molecule has 340 valence electrons. The number of carbonyl (C=O) groups is 2. The van der Waals surface area contributed by atoms with Gasteiger partial charge in [0.05, 0.1) is 24.7 Å². The lowest BCUT2D eigenvalue weighted by Crippen LogP contribution is -2.69. The number of hydrogen-bond acceptors (Lipinski definition) is 15. The summed E-state index contributed by atoms with van der Waals surface area (Å²) in [4.78, 5) is 31.2. The number of allylic oxidation sites excluding steroid dienone is 6. The predicted octanol–water partition coefficient (Wildman–Crippen LogP) is 5.03. The van der Waals surface area contributed by atoms with Gasteiger partial charge in [0, 0.05) is 35.0 Å². The summed E-state index contributed by atoms with van der Waals surface area (Å²) < 4.78 is 12.6. The Morgan fingerprint density at radius 3 is 2.54 bits per heavy atom. The van der Waals surface area contributed by atoms with Crippen molar-refractivity contribution in [1.29, 1.82) is 0 Å². The van der Waals surface area contributed by atoms with E-state index < -0.39 is 70.4 Å². The van der Waals surface area contributed by atoms with Gasteiger partial charge in [-0.1, -0.05) is 94.8 Å². The molecule has 13 nitrogen and oxygen atoms in total. The molecule has 15 heteroatoms. The third-order valence-electron chi connectivity index (χ3n) is 15.5. The number of aliphatic hydroxyl groups excluding tert-OH is 6. The van der Waals surface area contributed by atoms with Crippen LogP contribution in [0.4, 0.5) is 0 Å². The second kappa shape index (κ2) is 16.1. The topological polar surface area (TPSA) is 218 Å². The first-order valence-corrected chi connectivity index (χ1v) is 24.8. The summed E-state index contributed by atoms with van der Waals surface area (Å²) in [6, 6.07) is 18.2. The van der Waals surface area contributed by atoms with Crippen molar-refractivity contribution in [3.8, 4) is 5.75 Å². The van der Waals surface area contributed by atoms with Gasteiger partial charge in [-0.05, 0) is 95.5 Å². The van der Waals surface area contributed by atoms with Crippen molar-refractivity contribution < 1.29 is 54.8 Å². The molecule has 6 heterocycles. The Bertz CT molecular complexity index is 2630. The Balaban J connectivity index is 1.13. The molecule has 1 saturated heterocycles. The Hall–Kier alpha value is -4.42. The third kappa shape index (κ3) is 6.26. The maximum absolute atomic E-state index is 16.0. The molecule has 9 N–H and O–H groups in total. The van der Waals surface area contributed by atoms with Crippen molar-refractivity contribution in [3.05, 3.63) is 141 Å². The van der Waals surface area contributed by atoms with Crippen molar-refractivity contribution in [3.63, 3.8) is 0 Å². The van der Waals surface area contributed by atoms with Crippen molar-refractivity contribution in [2.75, 3.05) is 19.8 Å². The van der Waals surface area contributed by atoms with Crippen LogP contribution in [0.25, 0.3) is 5.57 Å². The Kier molecular flexibility index (Phi) is 10.7. The first-order valence-electron chi connectivity index (χ1n) is 22.5. The van der Waals surface area contributed by atoms with Gasteiger partial charge in [-0.2, -0.15) is 0 Å². The van der Waals surface area contributed by atoms with E-state index in [9.17, 15) is 35.7 Å². The van der Waals surface area contributed by atoms with Gasteiger partial charge in [0.1, 0.15) is 52.0 Å². The SMILES string of the molecule is O=C1c2cccc3c2C(=O)C2(C(O)=CC(Cc4cccc(CO)c4)=CC12)C(CCCO)SSC1NC2=C4C(=CCN2)C2(CCCC2c2cccc1c24)CC1(O)C(O)C(CO)OC(O3)C1O. The van der Waals surface area contributed by atoms with Crippen LogP contribution in [-0.4, -0.2) is 103 Å². The molecule has 2 spiro atoms. The Labute approximate surface area is 383 Å². The van der Waals surface area contributed by atoms with E-state index in [1.54, 1.807) is 24.3 Å². The third-order valence-corrected chi connectivity index (χ3v) is 18.6. The van der Waals surface area contributed by atoms with Crippen molar-refractivity contribution >= 4 is 38.7 Å². The lowest BCUT2D eigenvalue weighted by Gasteiger charge is -2.55. The molecule has 11 atom stereocenters. The maximum atomic E-state index is 16.0. The van der Waals surface area contributed by atoms with Gasteiger partial charge in [-0.15, -0.1) is 0 Å². The second-order valence-corrected chi connectivity index (χ2v) is 21.4. The van der Waals surface area contributed by atoms with Crippen LogP contribution in [-0.2, 0) is 17.8 Å². The van der Waals surface area contributed by atoms with E-state index in [2.05, 4.69) is 28.8 Å².